The summed E-state index contributed by atoms with van der Waals surface area (Å²) in [5, 5.41) is 14.6. The van der Waals surface area contributed by atoms with E-state index < -0.39 is 0 Å². The third-order valence-electron chi connectivity index (χ3n) is 2.63. The number of nitrogens with one attached hydrogen (secondary N) is 1. The van der Waals surface area contributed by atoms with E-state index in [9.17, 15) is 0 Å². The molecule has 1 aliphatic heterocycles. The van der Waals surface area contributed by atoms with Crippen LogP contribution in [0.4, 0.5) is 0 Å². The van der Waals surface area contributed by atoms with Gasteiger partial charge in [0.2, 0.25) is 0 Å². The quantitative estimate of drug-likeness (QED) is 0.485. The Bertz CT molecular complexity index is 445. The van der Waals surface area contributed by atoms with E-state index in [1.807, 2.05) is 31.2 Å². The van der Waals surface area contributed by atoms with Crippen LogP contribution in [-0.2, 0) is 0 Å². The molecular formula is C12H15ClIN3. The largest absolute Gasteiger partial charge is 0.287 e. The molecular weight excluding hydrogens is 349 g/mol. The van der Waals surface area contributed by atoms with Gasteiger partial charge in [-0.3, -0.25) is 10.4 Å². The van der Waals surface area contributed by atoms with E-state index in [1.54, 1.807) is 5.01 Å². The van der Waals surface area contributed by atoms with E-state index in [4.69, 9.17) is 17.0 Å². The molecule has 1 aromatic carbocycles. The number of rotatable bonds is 2. The molecule has 0 atom stereocenters. The zero-order valence-electron chi connectivity index (χ0n) is 9.61. The molecule has 1 aromatic rings. The van der Waals surface area contributed by atoms with Crippen LogP contribution in [0, 0.1) is 5.41 Å². The molecule has 0 fully saturated rings. The van der Waals surface area contributed by atoms with E-state index in [2.05, 4.69) is 5.10 Å². The van der Waals surface area contributed by atoms with Crippen molar-refractivity contribution in [3.63, 3.8) is 0 Å². The Labute approximate surface area is 123 Å². The van der Waals surface area contributed by atoms with Crippen LogP contribution >= 0.6 is 35.6 Å². The molecule has 17 heavy (non-hydrogen) atoms. The number of hydrogen-bond donors (Lipinski definition) is 1. The van der Waals surface area contributed by atoms with Crippen molar-refractivity contribution in [2.24, 2.45) is 5.10 Å². The van der Waals surface area contributed by atoms with Crippen LogP contribution in [-0.4, -0.2) is 23.1 Å². The van der Waals surface area contributed by atoms with E-state index >= 15 is 0 Å². The van der Waals surface area contributed by atoms with Gasteiger partial charge in [0.05, 0.1) is 5.71 Å². The van der Waals surface area contributed by atoms with Crippen molar-refractivity contribution < 1.29 is 0 Å². The molecule has 92 valence electrons. The zero-order chi connectivity index (χ0) is 11.5. The Morgan fingerprint density at radius 3 is 2.82 bits per heavy atom. The first-order valence-corrected chi connectivity index (χ1v) is 5.77. The highest BCUT2D eigenvalue weighted by molar-refractivity contribution is 14.0. The third kappa shape index (κ3) is 3.19. The average molecular weight is 364 g/mol. The second-order valence-electron chi connectivity index (χ2n) is 3.70. The molecule has 0 aliphatic carbocycles. The maximum absolute atomic E-state index is 7.73. The van der Waals surface area contributed by atoms with Crippen molar-refractivity contribution in [2.75, 3.05) is 6.54 Å². The molecule has 0 radical (unpaired) electrons. The van der Waals surface area contributed by atoms with Crippen molar-refractivity contribution in [1.82, 2.24) is 5.01 Å². The van der Waals surface area contributed by atoms with Crippen LogP contribution in [0.15, 0.2) is 29.4 Å². The predicted octanol–water partition coefficient (Wildman–Crippen LogP) is 3.76. The van der Waals surface area contributed by atoms with E-state index in [1.165, 1.54) is 0 Å². The van der Waals surface area contributed by atoms with Crippen molar-refractivity contribution in [2.45, 2.75) is 19.8 Å². The van der Waals surface area contributed by atoms with Crippen LogP contribution in [0.5, 0.6) is 0 Å². The maximum atomic E-state index is 7.73. The minimum absolute atomic E-state index is 0. The molecule has 0 saturated carbocycles. The Kier molecular flexibility index (Phi) is 5.39. The first kappa shape index (κ1) is 14.4. The number of halogens is 2. The summed E-state index contributed by atoms with van der Waals surface area (Å²) in [7, 11) is 0. The standard InChI is InChI=1S/C12H14ClN3.HI/c1-2-12(14)16-8-7-11(15-16)9-5-3-4-6-10(9)13;/h3-6,14H,2,7-8H2,1H3;1H. The van der Waals surface area contributed by atoms with Gasteiger partial charge in [0.1, 0.15) is 5.84 Å². The molecule has 0 spiro atoms. The molecule has 1 aliphatic rings. The van der Waals surface area contributed by atoms with Crippen molar-refractivity contribution >= 4 is 47.1 Å². The predicted molar refractivity (Wildman–Crippen MR) is 82.7 cm³/mol. The Hall–Kier alpha value is -0.620. The summed E-state index contributed by atoms with van der Waals surface area (Å²) < 4.78 is 0. The molecule has 3 nitrogen and oxygen atoms in total. The SMILES string of the molecule is CCC(=N)N1CCC(c2ccccc2Cl)=N1.I. The first-order valence-electron chi connectivity index (χ1n) is 5.39. The fourth-order valence-corrected chi connectivity index (χ4v) is 1.96. The Balaban J connectivity index is 0.00000144. The summed E-state index contributed by atoms with van der Waals surface area (Å²) in [6.45, 7) is 2.75. The molecule has 0 aromatic heterocycles. The summed E-state index contributed by atoms with van der Waals surface area (Å²) in [5.74, 6) is 0.557. The van der Waals surface area contributed by atoms with Gasteiger partial charge in [-0.1, -0.05) is 36.7 Å². The third-order valence-corrected chi connectivity index (χ3v) is 2.96. The fraction of sp³-hybridized carbons (Fsp3) is 0.333. The van der Waals surface area contributed by atoms with Crippen molar-refractivity contribution in [3.8, 4) is 0 Å². The lowest BCUT2D eigenvalue weighted by molar-refractivity contribution is 0.477. The molecule has 0 bridgehead atoms. The zero-order valence-corrected chi connectivity index (χ0v) is 12.7. The van der Waals surface area contributed by atoms with Gasteiger partial charge in [-0.25, -0.2) is 0 Å². The normalized spacial score (nSPS) is 14.2. The monoisotopic (exact) mass is 363 g/mol. The van der Waals surface area contributed by atoms with E-state index in [0.29, 0.717) is 12.3 Å². The van der Waals surface area contributed by atoms with E-state index in [-0.39, 0.29) is 24.0 Å². The number of amidine groups is 1. The van der Waals surface area contributed by atoms with Gasteiger partial charge in [0, 0.05) is 30.0 Å². The van der Waals surface area contributed by atoms with Crippen molar-refractivity contribution in [3.05, 3.63) is 34.9 Å². The Morgan fingerprint density at radius 1 is 1.47 bits per heavy atom. The lowest BCUT2D eigenvalue weighted by Crippen LogP contribution is -2.21. The molecule has 5 heteroatoms. The van der Waals surface area contributed by atoms with Gasteiger partial charge in [-0.2, -0.15) is 5.10 Å². The molecule has 1 heterocycles. The summed E-state index contributed by atoms with van der Waals surface area (Å²) in [4.78, 5) is 0. The van der Waals surface area contributed by atoms with Crippen LogP contribution in [0.3, 0.4) is 0 Å². The van der Waals surface area contributed by atoms with Crippen LogP contribution in [0.25, 0.3) is 0 Å². The topological polar surface area (TPSA) is 39.5 Å². The van der Waals surface area contributed by atoms with Crippen LogP contribution in [0.1, 0.15) is 25.3 Å². The summed E-state index contributed by atoms with van der Waals surface area (Å²) in [6, 6.07) is 7.71. The Morgan fingerprint density at radius 2 is 2.18 bits per heavy atom. The van der Waals surface area contributed by atoms with Crippen molar-refractivity contribution in [1.29, 1.82) is 5.41 Å². The highest BCUT2D eigenvalue weighted by Crippen LogP contribution is 2.21. The second kappa shape index (κ2) is 6.35. The van der Waals surface area contributed by atoms with Gasteiger partial charge in [0.15, 0.2) is 0 Å². The van der Waals surface area contributed by atoms with Gasteiger partial charge in [-0.05, 0) is 6.07 Å². The summed E-state index contributed by atoms with van der Waals surface area (Å²) >= 11 is 6.11. The maximum Gasteiger partial charge on any atom is 0.116 e. The highest BCUT2D eigenvalue weighted by Gasteiger charge is 2.19. The van der Waals surface area contributed by atoms with Crippen LogP contribution < -0.4 is 0 Å². The van der Waals surface area contributed by atoms with Gasteiger partial charge in [0.25, 0.3) is 0 Å². The molecule has 1 N–H and O–H groups in total. The van der Waals surface area contributed by atoms with Gasteiger partial charge in [-0.15, -0.1) is 24.0 Å². The van der Waals surface area contributed by atoms with Crippen LogP contribution in [0.2, 0.25) is 5.02 Å². The number of hydrogen-bond acceptors (Lipinski definition) is 2. The summed E-state index contributed by atoms with van der Waals surface area (Å²) in [5.41, 5.74) is 1.96. The second-order valence-corrected chi connectivity index (χ2v) is 4.11. The van der Waals surface area contributed by atoms with E-state index in [0.717, 1.165) is 29.3 Å². The minimum atomic E-state index is 0. The first-order chi connectivity index (χ1) is 7.72. The summed E-state index contributed by atoms with van der Waals surface area (Å²) in [6.07, 6.45) is 1.56. The molecule has 0 saturated heterocycles. The average Bonchev–Trinajstić information content (AvgIpc) is 2.78. The smallest absolute Gasteiger partial charge is 0.116 e. The minimum Gasteiger partial charge on any atom is -0.287 e. The highest BCUT2D eigenvalue weighted by atomic mass is 127. The lowest BCUT2D eigenvalue weighted by atomic mass is 10.1. The molecule has 0 unspecified atom stereocenters. The fourth-order valence-electron chi connectivity index (χ4n) is 1.72. The lowest BCUT2D eigenvalue weighted by Gasteiger charge is -2.11. The number of nitrogens with zero attached hydrogens (tertiary/aromatic N) is 2. The molecule has 2 rings (SSSR count). The van der Waals surface area contributed by atoms with Gasteiger partial charge >= 0.3 is 0 Å². The number of benzene rings is 1. The molecule has 0 amide bonds. The number of hydrazone groups is 1. The van der Waals surface area contributed by atoms with Gasteiger partial charge < -0.3 is 0 Å².